The van der Waals surface area contributed by atoms with Gasteiger partial charge in [-0.1, -0.05) is 6.92 Å². The van der Waals surface area contributed by atoms with E-state index in [0.29, 0.717) is 6.42 Å². The summed E-state index contributed by atoms with van der Waals surface area (Å²) in [5.41, 5.74) is 0. The molecule has 0 spiro atoms. The molecular weight excluding hydrogens is 152 g/mol. The zero-order valence-electron chi connectivity index (χ0n) is 6.40. The number of alkyl halides is 1. The lowest BCUT2D eigenvalue weighted by Gasteiger charge is -2.15. The molecule has 0 heterocycles. The van der Waals surface area contributed by atoms with Crippen molar-refractivity contribution in [3.8, 4) is 0 Å². The van der Waals surface area contributed by atoms with Crippen LogP contribution in [0.25, 0.3) is 0 Å². The van der Waals surface area contributed by atoms with Crippen molar-refractivity contribution in [1.82, 2.24) is 0 Å². The molecule has 0 bridgehead atoms. The summed E-state index contributed by atoms with van der Waals surface area (Å²) in [5, 5.41) is 0. The van der Waals surface area contributed by atoms with Crippen LogP contribution in [0.5, 0.6) is 0 Å². The van der Waals surface area contributed by atoms with Crippen LogP contribution in [0.3, 0.4) is 0 Å². The van der Waals surface area contributed by atoms with Crippen molar-refractivity contribution in [2.75, 3.05) is 0 Å². The van der Waals surface area contributed by atoms with Crippen LogP contribution in [0.15, 0.2) is 0 Å². The van der Waals surface area contributed by atoms with Crippen molar-refractivity contribution < 1.29 is 9.59 Å². The number of carbonyl (C=O) groups is 2. The lowest BCUT2D eigenvalue weighted by molar-refractivity contribution is -0.136. The molecule has 1 atom stereocenters. The molecule has 1 unspecified atom stereocenters. The fourth-order valence-corrected chi connectivity index (χ4v) is 0.661. The van der Waals surface area contributed by atoms with Crippen molar-refractivity contribution >= 4 is 23.2 Å². The lowest BCUT2D eigenvalue weighted by atomic mass is 10.0. The maximum atomic E-state index is 10.9. The van der Waals surface area contributed by atoms with Crippen LogP contribution in [0, 0.1) is 0 Å². The Labute approximate surface area is 65.6 Å². The molecule has 10 heavy (non-hydrogen) atoms. The van der Waals surface area contributed by atoms with Gasteiger partial charge in [-0.05, 0) is 13.3 Å². The van der Waals surface area contributed by atoms with Gasteiger partial charge in [0.25, 0.3) is 0 Å². The Hall–Kier alpha value is -0.370. The summed E-state index contributed by atoms with van der Waals surface area (Å²) in [6, 6.07) is 0. The summed E-state index contributed by atoms with van der Waals surface area (Å²) in [6.45, 7) is 4.56. The fourth-order valence-electron chi connectivity index (χ4n) is 0.528. The van der Waals surface area contributed by atoms with Gasteiger partial charge in [-0.2, -0.15) is 0 Å². The van der Waals surface area contributed by atoms with Crippen molar-refractivity contribution in [2.45, 2.75) is 32.1 Å². The van der Waals surface area contributed by atoms with Crippen molar-refractivity contribution in [3.63, 3.8) is 0 Å². The van der Waals surface area contributed by atoms with Crippen LogP contribution in [0.4, 0.5) is 0 Å². The highest BCUT2D eigenvalue weighted by Gasteiger charge is 2.30. The molecule has 2 nitrogen and oxygen atoms in total. The fraction of sp³-hybridized carbons (Fsp3) is 0.714. The smallest absolute Gasteiger partial charge is 0.218 e. The molecule has 0 amide bonds. The topological polar surface area (TPSA) is 34.1 Å². The summed E-state index contributed by atoms with van der Waals surface area (Å²) in [6.07, 6.45) is 0.479. The zero-order valence-corrected chi connectivity index (χ0v) is 7.16. The normalized spacial score (nSPS) is 16.0. The van der Waals surface area contributed by atoms with E-state index in [0.717, 1.165) is 0 Å². The maximum absolute atomic E-state index is 10.9. The van der Waals surface area contributed by atoms with Gasteiger partial charge < -0.3 is 0 Å². The molecule has 0 aliphatic carbocycles. The molecule has 0 N–H and O–H groups in total. The van der Waals surface area contributed by atoms with E-state index in [1.54, 1.807) is 13.8 Å². The minimum Gasteiger partial charge on any atom is -0.291 e. The van der Waals surface area contributed by atoms with Crippen molar-refractivity contribution in [1.29, 1.82) is 0 Å². The third kappa shape index (κ3) is 2.10. The largest absolute Gasteiger partial charge is 0.291 e. The first-order valence-corrected chi connectivity index (χ1v) is 3.54. The standard InChI is InChI=1S/C7H11ClO2/c1-4-7(3,8)6(10)5(2)9/h4H2,1-3H3. The maximum Gasteiger partial charge on any atom is 0.218 e. The Morgan fingerprint density at radius 2 is 1.90 bits per heavy atom. The van der Waals surface area contributed by atoms with E-state index in [-0.39, 0.29) is 0 Å². The number of Topliss-reactive ketones (excluding diaryl/α,β-unsaturated/α-hetero) is 2. The highest BCUT2D eigenvalue weighted by atomic mass is 35.5. The van der Waals surface area contributed by atoms with E-state index in [9.17, 15) is 9.59 Å². The molecule has 0 aliphatic rings. The first-order valence-electron chi connectivity index (χ1n) is 3.16. The molecule has 0 aromatic rings. The van der Waals surface area contributed by atoms with Crippen molar-refractivity contribution in [2.24, 2.45) is 0 Å². The van der Waals surface area contributed by atoms with Crippen LogP contribution in [-0.2, 0) is 9.59 Å². The van der Waals surface area contributed by atoms with Crippen LogP contribution in [-0.4, -0.2) is 16.4 Å². The first kappa shape index (κ1) is 9.63. The number of rotatable bonds is 3. The second kappa shape index (κ2) is 3.15. The second-order valence-electron chi connectivity index (χ2n) is 2.44. The molecule has 0 rings (SSSR count). The third-order valence-electron chi connectivity index (χ3n) is 1.46. The number of ketones is 2. The highest BCUT2D eigenvalue weighted by Crippen LogP contribution is 2.19. The van der Waals surface area contributed by atoms with E-state index in [4.69, 9.17) is 11.6 Å². The summed E-state index contributed by atoms with van der Waals surface area (Å²) >= 11 is 5.70. The van der Waals surface area contributed by atoms with Gasteiger partial charge in [0.05, 0.1) is 0 Å². The number of hydrogen-bond donors (Lipinski definition) is 0. The van der Waals surface area contributed by atoms with E-state index in [1.165, 1.54) is 6.92 Å². The summed E-state index contributed by atoms with van der Waals surface area (Å²) in [5.74, 6) is -0.976. The van der Waals surface area contributed by atoms with Gasteiger partial charge in [-0.3, -0.25) is 9.59 Å². The molecule has 0 aromatic carbocycles. The average Bonchev–Trinajstić information content (AvgIpc) is 1.86. The molecule has 0 radical (unpaired) electrons. The van der Waals surface area contributed by atoms with E-state index >= 15 is 0 Å². The zero-order chi connectivity index (χ0) is 8.36. The van der Waals surface area contributed by atoms with Gasteiger partial charge in [0.15, 0.2) is 5.78 Å². The quantitative estimate of drug-likeness (QED) is 0.466. The third-order valence-corrected chi connectivity index (χ3v) is 1.90. The Morgan fingerprint density at radius 1 is 1.50 bits per heavy atom. The van der Waals surface area contributed by atoms with Gasteiger partial charge in [0, 0.05) is 6.92 Å². The molecule has 0 aromatic heterocycles. The molecule has 0 saturated heterocycles. The van der Waals surface area contributed by atoms with Gasteiger partial charge in [0.1, 0.15) is 4.87 Å². The minimum absolute atomic E-state index is 0.473. The van der Waals surface area contributed by atoms with Crippen LogP contribution in [0.2, 0.25) is 0 Å². The van der Waals surface area contributed by atoms with Gasteiger partial charge in [-0.25, -0.2) is 0 Å². The summed E-state index contributed by atoms with van der Waals surface area (Å²) < 4.78 is 0. The van der Waals surface area contributed by atoms with Crippen molar-refractivity contribution in [3.05, 3.63) is 0 Å². The van der Waals surface area contributed by atoms with Gasteiger partial charge >= 0.3 is 0 Å². The molecule has 3 heteroatoms. The Balaban J connectivity index is 4.33. The number of hydrogen-bond acceptors (Lipinski definition) is 2. The monoisotopic (exact) mass is 162 g/mol. The SMILES string of the molecule is CCC(C)(Cl)C(=O)C(C)=O. The lowest BCUT2D eigenvalue weighted by Crippen LogP contribution is -2.32. The predicted octanol–water partition coefficient (Wildman–Crippen LogP) is 1.55. The predicted molar refractivity (Wildman–Crippen MR) is 40.2 cm³/mol. The molecule has 0 aliphatic heterocycles. The molecule has 0 fully saturated rings. The second-order valence-corrected chi connectivity index (χ2v) is 3.27. The molecule has 58 valence electrons. The van der Waals surface area contributed by atoms with E-state index < -0.39 is 16.4 Å². The van der Waals surface area contributed by atoms with E-state index in [2.05, 4.69) is 0 Å². The highest BCUT2D eigenvalue weighted by molar-refractivity contribution is 6.51. The minimum atomic E-state index is -0.994. The van der Waals surface area contributed by atoms with Crippen LogP contribution < -0.4 is 0 Å². The Bertz CT molecular complexity index is 161. The first-order chi connectivity index (χ1) is 4.41. The number of carbonyl (C=O) groups excluding carboxylic acids is 2. The summed E-state index contributed by atoms with van der Waals surface area (Å²) in [7, 11) is 0. The van der Waals surface area contributed by atoms with Gasteiger partial charge in [-0.15, -0.1) is 11.6 Å². The Kier molecular flexibility index (Phi) is 3.03. The van der Waals surface area contributed by atoms with Crippen LogP contribution >= 0.6 is 11.6 Å². The number of halogens is 1. The molecule has 0 saturated carbocycles. The van der Waals surface area contributed by atoms with Crippen LogP contribution in [0.1, 0.15) is 27.2 Å². The van der Waals surface area contributed by atoms with Gasteiger partial charge in [0.2, 0.25) is 5.78 Å². The average molecular weight is 163 g/mol. The summed E-state index contributed by atoms with van der Waals surface area (Å²) in [4.78, 5) is 20.4. The Morgan fingerprint density at radius 3 is 2.00 bits per heavy atom. The van der Waals surface area contributed by atoms with E-state index in [1.807, 2.05) is 0 Å². The molecular formula is C7H11ClO2.